The normalized spacial score (nSPS) is 10.6. The molecule has 0 saturated carbocycles. The fourth-order valence-electron chi connectivity index (χ4n) is 2.24. The number of aryl methyl sites for hydroxylation is 1. The minimum Gasteiger partial charge on any atom is -0.459 e. The number of carbonyl (C=O) groups is 1. The Hall–Kier alpha value is -2.59. The fraction of sp³-hybridized carbons (Fsp3) is 0.158. The molecule has 0 aliphatic heterocycles. The van der Waals surface area contributed by atoms with Crippen LogP contribution >= 0.6 is 11.6 Å². The van der Waals surface area contributed by atoms with E-state index < -0.39 is 0 Å². The summed E-state index contributed by atoms with van der Waals surface area (Å²) < 4.78 is 10.5. The van der Waals surface area contributed by atoms with Gasteiger partial charge in [0.1, 0.15) is 12.3 Å². The van der Waals surface area contributed by atoms with Gasteiger partial charge in [0, 0.05) is 16.7 Å². The predicted molar refractivity (Wildman–Crippen MR) is 91.6 cm³/mol. The molecular weight excluding hydrogens is 326 g/mol. The number of ether oxygens (including phenoxy) is 1. The Bertz CT molecular complexity index is 840. The van der Waals surface area contributed by atoms with Gasteiger partial charge in [0.25, 0.3) is 0 Å². The van der Waals surface area contributed by atoms with E-state index in [1.807, 2.05) is 43.3 Å². The van der Waals surface area contributed by atoms with E-state index in [9.17, 15) is 4.79 Å². The average Bonchev–Trinajstić information content (AvgIpc) is 3.05. The van der Waals surface area contributed by atoms with Crippen LogP contribution in [0.25, 0.3) is 11.3 Å². The zero-order valence-corrected chi connectivity index (χ0v) is 13.9. The Kier molecular flexibility index (Phi) is 4.96. The lowest BCUT2D eigenvalue weighted by molar-refractivity contribution is -0.144. The molecule has 0 spiro atoms. The van der Waals surface area contributed by atoms with Crippen LogP contribution < -0.4 is 0 Å². The fourth-order valence-corrected chi connectivity index (χ4v) is 2.44. The molecule has 3 aromatic rings. The minimum atomic E-state index is -0.358. The standard InChI is InChI=1S/C19H16ClNO3/c1-13-6-8-14(9-7-13)18-11-16(21-24-18)12-23-19(22)10-15-4-2-3-5-17(15)20/h2-9,11H,10,12H2,1H3. The van der Waals surface area contributed by atoms with Gasteiger partial charge in [-0.2, -0.15) is 0 Å². The molecule has 0 saturated heterocycles. The van der Waals surface area contributed by atoms with Crippen molar-refractivity contribution in [3.8, 4) is 11.3 Å². The molecule has 0 N–H and O–H groups in total. The van der Waals surface area contributed by atoms with Crippen molar-refractivity contribution in [3.63, 3.8) is 0 Å². The summed E-state index contributed by atoms with van der Waals surface area (Å²) >= 11 is 6.03. The van der Waals surface area contributed by atoms with Crippen molar-refractivity contribution in [1.82, 2.24) is 5.16 Å². The van der Waals surface area contributed by atoms with Gasteiger partial charge in [-0.05, 0) is 18.6 Å². The first-order chi connectivity index (χ1) is 11.6. The van der Waals surface area contributed by atoms with E-state index >= 15 is 0 Å². The van der Waals surface area contributed by atoms with E-state index in [4.69, 9.17) is 20.9 Å². The molecule has 24 heavy (non-hydrogen) atoms. The highest BCUT2D eigenvalue weighted by molar-refractivity contribution is 6.31. The predicted octanol–water partition coefficient (Wildman–Crippen LogP) is 4.59. The molecule has 0 atom stereocenters. The summed E-state index contributed by atoms with van der Waals surface area (Å²) in [6.07, 6.45) is 0.127. The lowest BCUT2D eigenvalue weighted by atomic mass is 10.1. The molecule has 1 heterocycles. The summed E-state index contributed by atoms with van der Waals surface area (Å²) in [4.78, 5) is 11.9. The summed E-state index contributed by atoms with van der Waals surface area (Å²) in [5.41, 5.74) is 3.41. The Balaban J connectivity index is 1.58. The molecule has 4 nitrogen and oxygen atoms in total. The molecule has 0 bridgehead atoms. The molecule has 0 aliphatic carbocycles. The SMILES string of the molecule is Cc1ccc(-c2cc(COC(=O)Cc3ccccc3Cl)no2)cc1. The highest BCUT2D eigenvalue weighted by Gasteiger charge is 2.11. The number of halogens is 1. The van der Waals surface area contributed by atoms with Gasteiger partial charge in [0.2, 0.25) is 0 Å². The molecule has 0 fully saturated rings. The number of rotatable bonds is 5. The Morgan fingerprint density at radius 2 is 1.92 bits per heavy atom. The van der Waals surface area contributed by atoms with Gasteiger partial charge in [-0.1, -0.05) is 64.8 Å². The van der Waals surface area contributed by atoms with Crippen LogP contribution in [-0.2, 0) is 22.6 Å². The van der Waals surface area contributed by atoms with Crippen LogP contribution in [0.2, 0.25) is 5.02 Å². The molecule has 0 unspecified atom stereocenters. The van der Waals surface area contributed by atoms with E-state index in [-0.39, 0.29) is 19.0 Å². The van der Waals surface area contributed by atoms with Gasteiger partial charge in [-0.25, -0.2) is 0 Å². The molecule has 2 aromatic carbocycles. The smallest absolute Gasteiger partial charge is 0.310 e. The van der Waals surface area contributed by atoms with Crippen molar-refractivity contribution >= 4 is 17.6 Å². The second-order valence-corrected chi connectivity index (χ2v) is 5.88. The number of carbonyl (C=O) groups excluding carboxylic acids is 1. The summed E-state index contributed by atoms with van der Waals surface area (Å²) in [5, 5.41) is 4.49. The number of aromatic nitrogens is 1. The van der Waals surface area contributed by atoms with E-state index in [2.05, 4.69) is 5.16 Å². The minimum absolute atomic E-state index is 0.0681. The van der Waals surface area contributed by atoms with E-state index in [0.717, 1.165) is 11.1 Å². The quantitative estimate of drug-likeness (QED) is 0.637. The van der Waals surface area contributed by atoms with Crippen LogP contribution in [-0.4, -0.2) is 11.1 Å². The van der Waals surface area contributed by atoms with Crippen molar-refractivity contribution in [2.75, 3.05) is 0 Å². The molecule has 5 heteroatoms. The highest BCUT2D eigenvalue weighted by Crippen LogP contribution is 2.21. The third-order valence-corrected chi connectivity index (χ3v) is 3.94. The van der Waals surface area contributed by atoms with Crippen LogP contribution in [0.4, 0.5) is 0 Å². The first-order valence-corrected chi connectivity index (χ1v) is 7.91. The van der Waals surface area contributed by atoms with Crippen LogP contribution in [0.3, 0.4) is 0 Å². The number of esters is 1. The van der Waals surface area contributed by atoms with Gasteiger partial charge >= 0.3 is 5.97 Å². The van der Waals surface area contributed by atoms with Crippen LogP contribution in [0.1, 0.15) is 16.8 Å². The van der Waals surface area contributed by atoms with Crippen molar-refractivity contribution in [2.45, 2.75) is 20.0 Å². The first-order valence-electron chi connectivity index (χ1n) is 7.53. The molecular formula is C19H16ClNO3. The Morgan fingerprint density at radius 1 is 1.17 bits per heavy atom. The van der Waals surface area contributed by atoms with Crippen molar-refractivity contribution in [3.05, 3.63) is 76.4 Å². The maximum absolute atomic E-state index is 11.9. The maximum atomic E-state index is 11.9. The highest BCUT2D eigenvalue weighted by atomic mass is 35.5. The van der Waals surface area contributed by atoms with Gasteiger partial charge in [-0.15, -0.1) is 0 Å². The Labute approximate surface area is 145 Å². The second-order valence-electron chi connectivity index (χ2n) is 5.48. The topological polar surface area (TPSA) is 52.3 Å². The van der Waals surface area contributed by atoms with Gasteiger partial charge in [0.05, 0.1) is 6.42 Å². The summed E-state index contributed by atoms with van der Waals surface area (Å²) in [6, 6.07) is 16.9. The van der Waals surface area contributed by atoms with Crippen LogP contribution in [0, 0.1) is 6.92 Å². The molecule has 0 amide bonds. The van der Waals surface area contributed by atoms with Crippen molar-refractivity contribution in [2.24, 2.45) is 0 Å². The molecule has 1 aromatic heterocycles. The Morgan fingerprint density at radius 3 is 2.67 bits per heavy atom. The third-order valence-electron chi connectivity index (χ3n) is 3.57. The van der Waals surface area contributed by atoms with Gasteiger partial charge in [-0.3, -0.25) is 4.79 Å². The molecule has 0 aliphatic rings. The molecule has 3 rings (SSSR count). The van der Waals surface area contributed by atoms with E-state index in [0.29, 0.717) is 16.5 Å². The van der Waals surface area contributed by atoms with E-state index in [1.54, 1.807) is 18.2 Å². The van der Waals surface area contributed by atoms with Crippen molar-refractivity contribution < 1.29 is 14.1 Å². The van der Waals surface area contributed by atoms with Gasteiger partial charge in [0.15, 0.2) is 5.76 Å². The average molecular weight is 342 g/mol. The molecule has 122 valence electrons. The summed E-state index contributed by atoms with van der Waals surface area (Å²) in [7, 11) is 0. The van der Waals surface area contributed by atoms with Crippen LogP contribution in [0.15, 0.2) is 59.1 Å². The first kappa shape index (κ1) is 16.3. The van der Waals surface area contributed by atoms with Crippen molar-refractivity contribution in [1.29, 1.82) is 0 Å². The zero-order valence-electron chi connectivity index (χ0n) is 13.2. The second kappa shape index (κ2) is 7.32. The van der Waals surface area contributed by atoms with E-state index in [1.165, 1.54) is 5.56 Å². The number of hydrogen-bond donors (Lipinski definition) is 0. The number of benzene rings is 2. The largest absolute Gasteiger partial charge is 0.459 e. The summed E-state index contributed by atoms with van der Waals surface area (Å²) in [6.45, 7) is 2.09. The summed E-state index contributed by atoms with van der Waals surface area (Å²) in [5.74, 6) is 0.287. The lowest BCUT2D eigenvalue weighted by Crippen LogP contribution is -2.08. The number of hydrogen-bond acceptors (Lipinski definition) is 4. The molecule has 0 radical (unpaired) electrons. The maximum Gasteiger partial charge on any atom is 0.310 e. The lowest BCUT2D eigenvalue weighted by Gasteiger charge is -2.04. The van der Waals surface area contributed by atoms with Crippen LogP contribution in [0.5, 0.6) is 0 Å². The zero-order chi connectivity index (χ0) is 16.9. The van der Waals surface area contributed by atoms with Gasteiger partial charge < -0.3 is 9.26 Å². The third kappa shape index (κ3) is 4.03. The number of nitrogens with zero attached hydrogens (tertiary/aromatic N) is 1. The monoisotopic (exact) mass is 341 g/mol.